The van der Waals surface area contributed by atoms with Crippen molar-refractivity contribution in [1.29, 1.82) is 0 Å². The highest BCUT2D eigenvalue weighted by atomic mass is 16.4. The third kappa shape index (κ3) is 3.31. The van der Waals surface area contributed by atoms with Crippen LogP contribution in [0.4, 0.5) is 4.79 Å². The Kier molecular flexibility index (Phi) is 4.42. The molecule has 3 amide bonds. The molecule has 1 aliphatic rings. The third-order valence-corrected chi connectivity index (χ3v) is 3.41. The number of nitrogens with one attached hydrogen (secondary N) is 2. The molecule has 1 saturated heterocycles. The van der Waals surface area contributed by atoms with Crippen LogP contribution in [0.3, 0.4) is 0 Å². The SMILES string of the molecule is CC1C(=O)NCCN1C(=O)N[C@@H](C(=O)O)c1ccccc1. The molecule has 1 heterocycles. The van der Waals surface area contributed by atoms with Gasteiger partial charge in [0, 0.05) is 13.1 Å². The molecular weight excluding hydrogens is 274 g/mol. The molecule has 1 aromatic rings. The Bertz CT molecular complexity index is 546. The van der Waals surface area contributed by atoms with Gasteiger partial charge in [-0.15, -0.1) is 0 Å². The lowest BCUT2D eigenvalue weighted by molar-refractivity contribution is -0.139. The minimum Gasteiger partial charge on any atom is -0.479 e. The van der Waals surface area contributed by atoms with E-state index in [1.807, 2.05) is 0 Å². The molecule has 1 aromatic carbocycles. The fourth-order valence-corrected chi connectivity index (χ4v) is 2.20. The van der Waals surface area contributed by atoms with Gasteiger partial charge in [0.1, 0.15) is 6.04 Å². The molecule has 1 aliphatic heterocycles. The largest absolute Gasteiger partial charge is 0.479 e. The number of aliphatic carboxylic acids is 1. The number of hydrogen-bond donors (Lipinski definition) is 3. The monoisotopic (exact) mass is 291 g/mol. The van der Waals surface area contributed by atoms with Gasteiger partial charge in [0.05, 0.1) is 0 Å². The molecule has 2 rings (SSSR count). The van der Waals surface area contributed by atoms with Crippen LogP contribution >= 0.6 is 0 Å². The van der Waals surface area contributed by atoms with Gasteiger partial charge in [-0.1, -0.05) is 30.3 Å². The Morgan fingerprint density at radius 2 is 2.05 bits per heavy atom. The van der Waals surface area contributed by atoms with Gasteiger partial charge >= 0.3 is 12.0 Å². The number of rotatable bonds is 3. The lowest BCUT2D eigenvalue weighted by atomic mass is 10.1. The number of carboxylic acid groups (broad SMARTS) is 1. The van der Waals surface area contributed by atoms with Crippen LogP contribution < -0.4 is 10.6 Å². The highest BCUT2D eigenvalue weighted by molar-refractivity contribution is 5.89. The van der Waals surface area contributed by atoms with E-state index in [1.165, 1.54) is 4.90 Å². The van der Waals surface area contributed by atoms with Crippen LogP contribution in [0.2, 0.25) is 0 Å². The van der Waals surface area contributed by atoms with Crippen molar-refractivity contribution in [2.75, 3.05) is 13.1 Å². The number of hydrogen-bond acceptors (Lipinski definition) is 3. The molecule has 2 atom stereocenters. The molecule has 0 bridgehead atoms. The van der Waals surface area contributed by atoms with E-state index in [-0.39, 0.29) is 5.91 Å². The normalized spacial score (nSPS) is 19.6. The van der Waals surface area contributed by atoms with Crippen molar-refractivity contribution < 1.29 is 19.5 Å². The van der Waals surface area contributed by atoms with Gasteiger partial charge in [-0.25, -0.2) is 9.59 Å². The summed E-state index contributed by atoms with van der Waals surface area (Å²) in [5.74, 6) is -1.40. The number of benzene rings is 1. The Balaban J connectivity index is 2.12. The van der Waals surface area contributed by atoms with Gasteiger partial charge in [0.15, 0.2) is 6.04 Å². The maximum atomic E-state index is 12.2. The van der Waals surface area contributed by atoms with Crippen LogP contribution in [-0.4, -0.2) is 47.0 Å². The molecule has 3 N–H and O–H groups in total. The van der Waals surface area contributed by atoms with Crippen molar-refractivity contribution in [3.63, 3.8) is 0 Å². The summed E-state index contributed by atoms with van der Waals surface area (Å²) in [6.45, 7) is 2.31. The standard InChI is InChI=1S/C14H17N3O4/c1-9-12(18)15-7-8-17(9)14(21)16-11(13(19)20)10-5-3-2-4-6-10/h2-6,9,11H,7-8H2,1H3,(H,15,18)(H,16,21)(H,19,20)/t9?,11-/m1/s1. The molecule has 21 heavy (non-hydrogen) atoms. The molecule has 7 nitrogen and oxygen atoms in total. The summed E-state index contributed by atoms with van der Waals surface area (Å²) in [6.07, 6.45) is 0. The summed E-state index contributed by atoms with van der Waals surface area (Å²) in [7, 11) is 0. The Hall–Kier alpha value is -2.57. The van der Waals surface area contributed by atoms with Gasteiger partial charge in [0.25, 0.3) is 0 Å². The molecule has 112 valence electrons. The fraction of sp³-hybridized carbons (Fsp3) is 0.357. The van der Waals surface area contributed by atoms with E-state index in [9.17, 15) is 19.5 Å². The van der Waals surface area contributed by atoms with Gasteiger partial charge in [-0.3, -0.25) is 4.79 Å². The minimum atomic E-state index is -1.15. The second kappa shape index (κ2) is 6.25. The molecule has 1 fully saturated rings. The predicted octanol–water partition coefficient (Wildman–Crippen LogP) is 0.342. The van der Waals surface area contributed by atoms with Gasteiger partial charge in [-0.2, -0.15) is 0 Å². The summed E-state index contributed by atoms with van der Waals surface area (Å²) in [5.41, 5.74) is 0.479. The number of amides is 3. The van der Waals surface area contributed by atoms with Crippen LogP contribution in [0.15, 0.2) is 30.3 Å². The molecular formula is C14H17N3O4. The Labute approximate surface area is 121 Å². The minimum absolute atomic E-state index is 0.247. The summed E-state index contributed by atoms with van der Waals surface area (Å²) in [4.78, 5) is 36.4. The quantitative estimate of drug-likeness (QED) is 0.748. The van der Waals surface area contributed by atoms with Crippen LogP contribution in [0, 0.1) is 0 Å². The predicted molar refractivity (Wildman–Crippen MR) is 74.5 cm³/mol. The second-order valence-corrected chi connectivity index (χ2v) is 4.79. The summed E-state index contributed by atoms with van der Waals surface area (Å²) < 4.78 is 0. The van der Waals surface area contributed by atoms with Crippen molar-refractivity contribution in [2.24, 2.45) is 0 Å². The summed E-state index contributed by atoms with van der Waals surface area (Å²) in [6, 6.07) is 6.11. The van der Waals surface area contributed by atoms with Crippen molar-refractivity contribution >= 4 is 17.9 Å². The maximum Gasteiger partial charge on any atom is 0.330 e. The number of nitrogens with zero attached hydrogens (tertiary/aromatic N) is 1. The zero-order chi connectivity index (χ0) is 15.4. The summed E-state index contributed by atoms with van der Waals surface area (Å²) in [5, 5.41) is 14.4. The number of carbonyl (C=O) groups excluding carboxylic acids is 2. The van der Waals surface area contributed by atoms with E-state index in [2.05, 4.69) is 10.6 Å². The molecule has 1 unspecified atom stereocenters. The van der Waals surface area contributed by atoms with Crippen molar-refractivity contribution in [2.45, 2.75) is 19.0 Å². The van der Waals surface area contributed by atoms with E-state index in [4.69, 9.17) is 0 Å². The lowest BCUT2D eigenvalue weighted by Crippen LogP contribution is -2.58. The molecule has 0 aromatic heterocycles. The zero-order valence-electron chi connectivity index (χ0n) is 11.6. The Morgan fingerprint density at radius 3 is 2.67 bits per heavy atom. The first-order valence-corrected chi connectivity index (χ1v) is 6.63. The molecule has 0 radical (unpaired) electrons. The highest BCUT2D eigenvalue weighted by Gasteiger charge is 2.32. The highest BCUT2D eigenvalue weighted by Crippen LogP contribution is 2.14. The maximum absolute atomic E-state index is 12.2. The van der Waals surface area contributed by atoms with Crippen LogP contribution in [-0.2, 0) is 9.59 Å². The van der Waals surface area contributed by atoms with E-state index in [1.54, 1.807) is 37.3 Å². The van der Waals surface area contributed by atoms with E-state index in [0.717, 1.165) is 0 Å². The first-order valence-electron chi connectivity index (χ1n) is 6.63. The number of piperazine rings is 1. The zero-order valence-corrected chi connectivity index (χ0v) is 11.6. The van der Waals surface area contributed by atoms with Crippen LogP contribution in [0.1, 0.15) is 18.5 Å². The van der Waals surface area contributed by atoms with E-state index >= 15 is 0 Å². The van der Waals surface area contributed by atoms with E-state index in [0.29, 0.717) is 18.7 Å². The van der Waals surface area contributed by atoms with Crippen LogP contribution in [0.5, 0.6) is 0 Å². The van der Waals surface area contributed by atoms with Gasteiger partial charge < -0.3 is 20.6 Å². The van der Waals surface area contributed by atoms with Crippen molar-refractivity contribution in [1.82, 2.24) is 15.5 Å². The molecule has 0 aliphatic carbocycles. The summed E-state index contributed by atoms with van der Waals surface area (Å²) >= 11 is 0. The average molecular weight is 291 g/mol. The number of urea groups is 1. The van der Waals surface area contributed by atoms with Gasteiger partial charge in [0.2, 0.25) is 5.91 Å². The van der Waals surface area contributed by atoms with Crippen molar-refractivity contribution in [3.05, 3.63) is 35.9 Å². The van der Waals surface area contributed by atoms with Gasteiger partial charge in [-0.05, 0) is 12.5 Å². The van der Waals surface area contributed by atoms with Crippen LogP contribution in [0.25, 0.3) is 0 Å². The molecule has 0 saturated carbocycles. The fourth-order valence-electron chi connectivity index (χ4n) is 2.20. The topological polar surface area (TPSA) is 98.7 Å². The first kappa shape index (κ1) is 14.8. The number of carbonyl (C=O) groups is 3. The lowest BCUT2D eigenvalue weighted by Gasteiger charge is -2.33. The second-order valence-electron chi connectivity index (χ2n) is 4.79. The van der Waals surface area contributed by atoms with Crippen molar-refractivity contribution in [3.8, 4) is 0 Å². The average Bonchev–Trinajstić information content (AvgIpc) is 2.48. The Morgan fingerprint density at radius 1 is 1.38 bits per heavy atom. The molecule has 0 spiro atoms. The first-order chi connectivity index (χ1) is 10.0. The smallest absolute Gasteiger partial charge is 0.330 e. The third-order valence-electron chi connectivity index (χ3n) is 3.41. The molecule has 7 heteroatoms. The van der Waals surface area contributed by atoms with E-state index < -0.39 is 24.1 Å². The number of carboxylic acids is 1.